The van der Waals surface area contributed by atoms with Crippen LogP contribution in [0.3, 0.4) is 0 Å². The largest absolute Gasteiger partial charge is 0.461 e. The van der Waals surface area contributed by atoms with Gasteiger partial charge in [0.15, 0.2) is 5.78 Å². The van der Waals surface area contributed by atoms with E-state index in [4.69, 9.17) is 4.42 Å². The summed E-state index contributed by atoms with van der Waals surface area (Å²) in [5, 5.41) is 1.63. The van der Waals surface area contributed by atoms with Crippen molar-refractivity contribution in [2.45, 2.75) is 65.0 Å². The number of likely N-dealkylation sites (tertiary alicyclic amines) is 1. The predicted octanol–water partition coefficient (Wildman–Crippen LogP) is 7.36. The fraction of sp³-hybridized carbons (Fsp3) is 0.345. The van der Waals surface area contributed by atoms with Gasteiger partial charge < -0.3 is 9.32 Å². The summed E-state index contributed by atoms with van der Waals surface area (Å²) in [5.41, 5.74) is 2.58. The Morgan fingerprint density at radius 3 is 2.69 bits per heavy atom. The summed E-state index contributed by atoms with van der Waals surface area (Å²) in [5.74, 6) is 0.404. The third-order valence-corrected chi connectivity index (χ3v) is 8.01. The molecule has 2 unspecified atom stereocenters. The van der Waals surface area contributed by atoms with Crippen molar-refractivity contribution in [2.75, 3.05) is 0 Å². The van der Waals surface area contributed by atoms with Gasteiger partial charge in [0.1, 0.15) is 22.9 Å². The van der Waals surface area contributed by atoms with Crippen LogP contribution >= 0.6 is 11.3 Å². The number of amides is 1. The molecule has 2 atom stereocenters. The molecule has 4 aromatic rings. The van der Waals surface area contributed by atoms with E-state index in [9.17, 15) is 14.0 Å². The van der Waals surface area contributed by atoms with Gasteiger partial charge in [-0.25, -0.2) is 9.37 Å². The van der Waals surface area contributed by atoms with Gasteiger partial charge in [0.05, 0.1) is 9.88 Å². The second-order valence-corrected chi connectivity index (χ2v) is 10.8. The number of benzene rings is 2. The number of halogens is 1. The number of carbonyl (C=O) groups is 2. The number of furan rings is 1. The minimum Gasteiger partial charge on any atom is -0.461 e. The number of carbonyl (C=O) groups excluding carboxylic acids is 2. The second-order valence-electron chi connectivity index (χ2n) is 9.60. The first-order valence-corrected chi connectivity index (χ1v) is 13.2. The lowest BCUT2D eigenvalue weighted by Crippen LogP contribution is -2.49. The third-order valence-electron chi connectivity index (χ3n) is 6.99. The van der Waals surface area contributed by atoms with Gasteiger partial charge in [-0.15, -0.1) is 11.3 Å². The van der Waals surface area contributed by atoms with Crippen LogP contribution in [0.4, 0.5) is 4.39 Å². The molecule has 2 aromatic heterocycles. The highest BCUT2D eigenvalue weighted by molar-refractivity contribution is 7.15. The van der Waals surface area contributed by atoms with Gasteiger partial charge in [-0.05, 0) is 76.3 Å². The zero-order valence-electron chi connectivity index (χ0n) is 20.7. The van der Waals surface area contributed by atoms with Crippen LogP contribution in [-0.4, -0.2) is 33.7 Å². The third kappa shape index (κ3) is 4.72. The standard InChI is InChI=1S/C29H29FN2O3S/c1-17-6-4-7-22(14-15-25(33)23-8-5-9-26-24(23)16-18(2)35-26)32(17)29(34)27-28(36-19(3)31-27)20-10-12-21(30)13-11-20/h5,8-13,16-17,22H,4,6-7,14-15H2,1-3H3. The van der Waals surface area contributed by atoms with E-state index < -0.39 is 0 Å². The van der Waals surface area contributed by atoms with Crippen LogP contribution in [0, 0.1) is 19.7 Å². The van der Waals surface area contributed by atoms with Crippen molar-refractivity contribution < 1.29 is 18.4 Å². The monoisotopic (exact) mass is 504 g/mol. The summed E-state index contributed by atoms with van der Waals surface area (Å²) in [7, 11) is 0. The SMILES string of the molecule is Cc1cc2c(C(=O)CCC3CCCC(C)N3C(=O)c3nc(C)sc3-c3ccc(F)cc3)cccc2o1. The predicted molar refractivity (Wildman–Crippen MR) is 140 cm³/mol. The Bertz CT molecular complexity index is 1420. The molecular weight excluding hydrogens is 475 g/mol. The lowest BCUT2D eigenvalue weighted by atomic mass is 9.91. The van der Waals surface area contributed by atoms with Crippen molar-refractivity contribution in [1.82, 2.24) is 9.88 Å². The molecule has 0 spiro atoms. The van der Waals surface area contributed by atoms with Gasteiger partial charge >= 0.3 is 0 Å². The minimum atomic E-state index is -0.316. The molecule has 36 heavy (non-hydrogen) atoms. The molecule has 5 nitrogen and oxygen atoms in total. The lowest BCUT2D eigenvalue weighted by molar-refractivity contribution is 0.0451. The number of Topliss-reactive ketones (excluding diaryl/α,β-unsaturated/α-hetero) is 1. The Kier molecular flexibility index (Phi) is 6.75. The van der Waals surface area contributed by atoms with E-state index >= 15 is 0 Å². The fourth-order valence-corrected chi connectivity index (χ4v) is 6.21. The van der Waals surface area contributed by atoms with E-state index in [0.29, 0.717) is 29.7 Å². The molecule has 2 aromatic carbocycles. The summed E-state index contributed by atoms with van der Waals surface area (Å²) >= 11 is 1.44. The van der Waals surface area contributed by atoms with Crippen molar-refractivity contribution in [2.24, 2.45) is 0 Å². The number of aryl methyl sites for hydroxylation is 2. The number of thiazole rings is 1. The van der Waals surface area contributed by atoms with Crippen LogP contribution in [0.15, 0.2) is 52.9 Å². The average Bonchev–Trinajstić information content (AvgIpc) is 3.44. The molecule has 1 aliphatic heterocycles. The van der Waals surface area contributed by atoms with Crippen LogP contribution in [0.2, 0.25) is 0 Å². The molecular formula is C29H29FN2O3S. The summed E-state index contributed by atoms with van der Waals surface area (Å²) in [4.78, 5) is 34.4. The van der Waals surface area contributed by atoms with Crippen LogP contribution in [0.1, 0.15) is 70.6 Å². The van der Waals surface area contributed by atoms with Crippen molar-refractivity contribution in [3.63, 3.8) is 0 Å². The zero-order valence-corrected chi connectivity index (χ0v) is 21.5. The highest BCUT2D eigenvalue weighted by Crippen LogP contribution is 2.35. The molecule has 1 saturated heterocycles. The molecule has 7 heteroatoms. The molecule has 5 rings (SSSR count). The molecule has 0 N–H and O–H groups in total. The van der Waals surface area contributed by atoms with Crippen molar-refractivity contribution in [3.8, 4) is 10.4 Å². The molecule has 0 aliphatic carbocycles. The first-order valence-electron chi connectivity index (χ1n) is 12.4. The van der Waals surface area contributed by atoms with Gasteiger partial charge in [-0.2, -0.15) is 0 Å². The maximum Gasteiger partial charge on any atom is 0.274 e. The zero-order chi connectivity index (χ0) is 25.4. The second kappa shape index (κ2) is 9.97. The number of ketones is 1. The molecule has 186 valence electrons. The Balaban J connectivity index is 1.38. The maximum atomic E-state index is 13.9. The van der Waals surface area contributed by atoms with E-state index in [1.54, 1.807) is 12.1 Å². The van der Waals surface area contributed by atoms with E-state index in [2.05, 4.69) is 11.9 Å². The van der Waals surface area contributed by atoms with Crippen LogP contribution in [0.25, 0.3) is 21.4 Å². The van der Waals surface area contributed by atoms with Crippen molar-refractivity contribution >= 4 is 34.0 Å². The average molecular weight is 505 g/mol. The Morgan fingerprint density at radius 1 is 1.14 bits per heavy atom. The first kappa shape index (κ1) is 24.4. The summed E-state index contributed by atoms with van der Waals surface area (Å²) in [6, 6.07) is 13.7. The normalized spacial score (nSPS) is 18.1. The number of hydrogen-bond acceptors (Lipinski definition) is 5. The quantitative estimate of drug-likeness (QED) is 0.257. The van der Waals surface area contributed by atoms with Gasteiger partial charge in [0.2, 0.25) is 0 Å². The highest BCUT2D eigenvalue weighted by atomic mass is 32.1. The number of fused-ring (bicyclic) bond motifs is 1. The maximum absolute atomic E-state index is 13.9. The van der Waals surface area contributed by atoms with Gasteiger partial charge in [0, 0.05) is 29.5 Å². The van der Waals surface area contributed by atoms with E-state index in [1.165, 1.54) is 23.5 Å². The van der Waals surface area contributed by atoms with Crippen LogP contribution in [0.5, 0.6) is 0 Å². The molecule has 3 heterocycles. The van der Waals surface area contributed by atoms with Crippen molar-refractivity contribution in [3.05, 3.63) is 76.4 Å². The Morgan fingerprint density at radius 2 is 1.92 bits per heavy atom. The topological polar surface area (TPSA) is 63.4 Å². The number of piperidine rings is 1. The summed E-state index contributed by atoms with van der Waals surface area (Å²) in [6.07, 6.45) is 3.73. The van der Waals surface area contributed by atoms with Crippen molar-refractivity contribution in [1.29, 1.82) is 0 Å². The molecule has 0 saturated carbocycles. The van der Waals surface area contributed by atoms with Gasteiger partial charge in [-0.1, -0.05) is 24.3 Å². The molecule has 1 aliphatic rings. The number of aromatic nitrogens is 1. The minimum absolute atomic E-state index is 0.0430. The fourth-order valence-electron chi connectivity index (χ4n) is 5.29. The highest BCUT2D eigenvalue weighted by Gasteiger charge is 2.35. The summed E-state index contributed by atoms with van der Waals surface area (Å²) in [6.45, 7) is 5.82. The first-order chi connectivity index (χ1) is 17.3. The number of rotatable bonds is 6. The van der Waals surface area contributed by atoms with E-state index in [0.717, 1.165) is 45.9 Å². The van der Waals surface area contributed by atoms with Gasteiger partial charge in [0.25, 0.3) is 5.91 Å². The number of hydrogen-bond donors (Lipinski definition) is 0. The molecule has 0 radical (unpaired) electrons. The number of nitrogens with zero attached hydrogens (tertiary/aromatic N) is 2. The Labute approximate surface area is 214 Å². The van der Waals surface area contributed by atoms with Gasteiger partial charge in [-0.3, -0.25) is 9.59 Å². The Hall–Kier alpha value is -3.32. The van der Waals surface area contributed by atoms with E-state index in [1.807, 2.05) is 43.0 Å². The smallest absolute Gasteiger partial charge is 0.274 e. The molecule has 1 amide bonds. The molecule has 0 bridgehead atoms. The van der Waals surface area contributed by atoms with Crippen LogP contribution in [-0.2, 0) is 0 Å². The van der Waals surface area contributed by atoms with Crippen LogP contribution < -0.4 is 0 Å². The van der Waals surface area contributed by atoms with E-state index in [-0.39, 0.29) is 29.6 Å². The lowest BCUT2D eigenvalue weighted by Gasteiger charge is -2.40. The molecule has 1 fully saturated rings. The summed E-state index contributed by atoms with van der Waals surface area (Å²) < 4.78 is 19.2.